The van der Waals surface area contributed by atoms with E-state index in [1.165, 1.54) is 140 Å². The van der Waals surface area contributed by atoms with E-state index < -0.39 is 0 Å². The smallest absolute Gasteiger partial charge is 0.252 e. The Bertz CT molecular complexity index is 3230. The Balaban J connectivity index is 1.25. The average molecular weight is 952 g/mol. The van der Waals surface area contributed by atoms with Crippen LogP contribution in [0, 0.1) is 0 Å². The molecule has 0 N–H and O–H groups in total. The van der Waals surface area contributed by atoms with E-state index in [0.29, 0.717) is 0 Å². The van der Waals surface area contributed by atoms with Crippen LogP contribution < -0.4 is 31.1 Å². The molecule has 372 valence electrons. The molecule has 0 radical (unpaired) electrons. The lowest BCUT2D eigenvalue weighted by atomic mass is 9.33. The van der Waals surface area contributed by atoms with E-state index in [9.17, 15) is 0 Å². The SMILES string of the molecule is CC(C)(C)c1ccc(N2c3cc(C(C)(C)C)ccc3B3c4cc(C(C)(C)C)cc5c4N(c4cc(N6c7ccc(C(C)(C)C)cc7C7(C)CCCCC67C)cc2c43)C2(C)CCCCC52C)c(-c2ccccc2)c1. The van der Waals surface area contributed by atoms with Crippen LogP contribution in [0.1, 0.15) is 196 Å². The summed E-state index contributed by atoms with van der Waals surface area (Å²) in [5.74, 6) is 0. The molecule has 4 aliphatic heterocycles. The summed E-state index contributed by atoms with van der Waals surface area (Å²) in [6.45, 7) is 39.3. The Morgan fingerprint density at radius 3 is 1.56 bits per heavy atom. The van der Waals surface area contributed by atoms with Gasteiger partial charge >= 0.3 is 0 Å². The van der Waals surface area contributed by atoms with E-state index in [1.807, 2.05) is 0 Å². The van der Waals surface area contributed by atoms with E-state index in [4.69, 9.17) is 0 Å². The predicted octanol–water partition coefficient (Wildman–Crippen LogP) is 16.6. The maximum atomic E-state index is 2.97. The molecule has 0 saturated heterocycles. The summed E-state index contributed by atoms with van der Waals surface area (Å²) in [7, 11) is 0. The third-order valence-corrected chi connectivity index (χ3v) is 20.2. The maximum absolute atomic E-state index is 2.97. The molecule has 0 amide bonds. The summed E-state index contributed by atoms with van der Waals surface area (Å²) >= 11 is 0. The van der Waals surface area contributed by atoms with Crippen molar-refractivity contribution < 1.29 is 0 Å². The van der Waals surface area contributed by atoms with Gasteiger partial charge in [0.15, 0.2) is 0 Å². The van der Waals surface area contributed by atoms with E-state index >= 15 is 0 Å². The second kappa shape index (κ2) is 15.2. The van der Waals surface area contributed by atoms with Crippen molar-refractivity contribution in [3.8, 4) is 11.1 Å². The molecule has 2 fully saturated rings. The summed E-state index contributed by atoms with van der Waals surface area (Å²) in [6.07, 6.45) is 9.77. The fourth-order valence-corrected chi connectivity index (χ4v) is 15.3. The summed E-state index contributed by atoms with van der Waals surface area (Å²) in [6, 6.07) is 44.7. The molecule has 12 rings (SSSR count). The molecule has 3 nitrogen and oxygen atoms in total. The average Bonchev–Trinajstić information content (AvgIpc) is 3.66. The van der Waals surface area contributed by atoms with Crippen molar-refractivity contribution in [2.24, 2.45) is 0 Å². The molecule has 0 bridgehead atoms. The highest BCUT2D eigenvalue weighted by Gasteiger charge is 2.63. The normalized spacial score (nSPS) is 25.2. The number of rotatable bonds is 3. The van der Waals surface area contributed by atoms with E-state index in [2.05, 4.69) is 235 Å². The van der Waals surface area contributed by atoms with Crippen LogP contribution in [0.5, 0.6) is 0 Å². The van der Waals surface area contributed by atoms with Crippen molar-refractivity contribution in [3.63, 3.8) is 0 Å². The van der Waals surface area contributed by atoms with Gasteiger partial charge in [0, 0.05) is 50.5 Å². The van der Waals surface area contributed by atoms with Gasteiger partial charge < -0.3 is 14.7 Å². The van der Waals surface area contributed by atoms with Crippen molar-refractivity contribution in [1.82, 2.24) is 0 Å². The molecule has 0 spiro atoms. The van der Waals surface area contributed by atoms with E-state index in [0.717, 1.165) is 6.42 Å². The predicted molar refractivity (Wildman–Crippen MR) is 312 cm³/mol. The van der Waals surface area contributed by atoms with Crippen LogP contribution in [-0.2, 0) is 32.5 Å². The molecule has 4 atom stereocenters. The quantitative estimate of drug-likeness (QED) is 0.163. The molecule has 2 saturated carbocycles. The Kier molecular flexibility index (Phi) is 10.1. The lowest BCUT2D eigenvalue weighted by Gasteiger charge is -2.54. The lowest BCUT2D eigenvalue weighted by molar-refractivity contribution is 0.194. The molecular formula is C68H82BN3. The number of benzene rings is 6. The van der Waals surface area contributed by atoms with E-state index in [1.54, 1.807) is 5.56 Å². The first-order chi connectivity index (χ1) is 33.7. The first-order valence-corrected chi connectivity index (χ1v) is 28.0. The van der Waals surface area contributed by atoms with Gasteiger partial charge in [0.05, 0.1) is 16.8 Å². The molecule has 4 heterocycles. The zero-order chi connectivity index (χ0) is 51.1. The Morgan fingerprint density at radius 2 is 0.931 bits per heavy atom. The highest BCUT2D eigenvalue weighted by molar-refractivity contribution is 7.00. The molecule has 72 heavy (non-hydrogen) atoms. The topological polar surface area (TPSA) is 9.72 Å². The number of hydrogen-bond acceptors (Lipinski definition) is 3. The molecule has 6 aromatic rings. The van der Waals surface area contributed by atoms with Crippen LogP contribution >= 0.6 is 0 Å². The Hall–Kier alpha value is -5.22. The number of hydrogen-bond donors (Lipinski definition) is 0. The Labute approximate surface area is 434 Å². The highest BCUT2D eigenvalue weighted by atomic mass is 15.3. The number of nitrogens with zero attached hydrogens (tertiary/aromatic N) is 3. The summed E-state index contributed by atoms with van der Waals surface area (Å²) in [4.78, 5) is 8.62. The standard InChI is InChI=1S/C68H82BN3/c1-61(2,3)44-27-30-54(49(36-44)43-24-18-17-19-25-43)70-56-40-46(63(7,8)9)26-29-52(56)69-53-39-47(64(10,11)12)38-51-60(53)72(68(16)35-23-21-33-66(51,68)14)58-42-48(41-57(70)59(58)69)71-55-31-28-45(62(4,5)6)37-50(55)65(13)32-20-22-34-67(65,71)15/h17-19,24-31,36-42H,20-23,32-35H2,1-16H3. The minimum absolute atomic E-state index is 0.000628. The first kappa shape index (κ1) is 47.8. The van der Waals surface area contributed by atoms with Gasteiger partial charge in [-0.3, -0.25) is 0 Å². The number of anilines is 7. The summed E-state index contributed by atoms with van der Waals surface area (Å²) < 4.78 is 0. The van der Waals surface area contributed by atoms with Gasteiger partial charge in [-0.15, -0.1) is 0 Å². The van der Waals surface area contributed by atoms with Gasteiger partial charge in [-0.1, -0.05) is 195 Å². The monoisotopic (exact) mass is 952 g/mol. The molecule has 4 heteroatoms. The largest absolute Gasteiger partial charge is 0.335 e. The third kappa shape index (κ3) is 6.47. The molecule has 0 aromatic heterocycles. The van der Waals surface area contributed by atoms with Crippen molar-refractivity contribution in [1.29, 1.82) is 0 Å². The van der Waals surface area contributed by atoms with Crippen molar-refractivity contribution in [3.05, 3.63) is 143 Å². The van der Waals surface area contributed by atoms with Crippen LogP contribution in [0.3, 0.4) is 0 Å². The van der Waals surface area contributed by atoms with Crippen LogP contribution in [0.2, 0.25) is 0 Å². The molecule has 2 aliphatic carbocycles. The van der Waals surface area contributed by atoms with Crippen molar-refractivity contribution >= 4 is 62.9 Å². The zero-order valence-corrected chi connectivity index (χ0v) is 47.0. The van der Waals surface area contributed by atoms with Crippen molar-refractivity contribution in [2.45, 2.75) is 206 Å². The fraction of sp³-hybridized carbons (Fsp3) is 0.471. The second-order valence-electron chi connectivity index (χ2n) is 28.5. The van der Waals surface area contributed by atoms with Crippen LogP contribution in [0.15, 0.2) is 109 Å². The maximum Gasteiger partial charge on any atom is 0.252 e. The van der Waals surface area contributed by atoms with Gasteiger partial charge in [0.25, 0.3) is 6.71 Å². The van der Waals surface area contributed by atoms with Gasteiger partial charge in [0.1, 0.15) is 0 Å². The molecule has 6 aliphatic rings. The third-order valence-electron chi connectivity index (χ3n) is 20.2. The summed E-state index contributed by atoms with van der Waals surface area (Å²) in [5.41, 5.74) is 24.9. The highest BCUT2D eigenvalue weighted by Crippen LogP contribution is 2.65. The first-order valence-electron chi connectivity index (χ1n) is 28.0. The fourth-order valence-electron chi connectivity index (χ4n) is 15.3. The Morgan fingerprint density at radius 1 is 0.417 bits per heavy atom. The summed E-state index contributed by atoms with van der Waals surface area (Å²) in [5, 5.41) is 0. The second-order valence-corrected chi connectivity index (χ2v) is 28.5. The van der Waals surface area contributed by atoms with Crippen molar-refractivity contribution in [2.75, 3.05) is 14.7 Å². The minimum Gasteiger partial charge on any atom is -0.335 e. The van der Waals surface area contributed by atoms with Crippen LogP contribution in [0.4, 0.5) is 39.8 Å². The molecular weight excluding hydrogens is 870 g/mol. The van der Waals surface area contributed by atoms with Gasteiger partial charge in [0.2, 0.25) is 0 Å². The minimum atomic E-state index is -0.113. The van der Waals surface area contributed by atoms with Gasteiger partial charge in [-0.05, 0) is 153 Å². The molecule has 6 aromatic carbocycles. The van der Waals surface area contributed by atoms with Gasteiger partial charge in [-0.25, -0.2) is 0 Å². The van der Waals surface area contributed by atoms with Crippen LogP contribution in [-0.4, -0.2) is 17.8 Å². The lowest BCUT2D eigenvalue weighted by Crippen LogP contribution is -2.64. The zero-order valence-electron chi connectivity index (χ0n) is 47.0. The van der Waals surface area contributed by atoms with Gasteiger partial charge in [-0.2, -0.15) is 0 Å². The number of fused-ring (bicyclic) bond motifs is 10. The van der Waals surface area contributed by atoms with E-state index in [-0.39, 0.29) is 50.3 Å². The van der Waals surface area contributed by atoms with Crippen LogP contribution in [0.25, 0.3) is 11.1 Å². The molecule has 4 unspecified atom stereocenters.